The zero-order valence-corrected chi connectivity index (χ0v) is 14.1. The molecule has 0 radical (unpaired) electrons. The number of hydrogen-bond acceptors (Lipinski definition) is 3. The van der Waals surface area contributed by atoms with Crippen LogP contribution in [0.4, 0.5) is 0 Å². The van der Waals surface area contributed by atoms with Crippen molar-refractivity contribution in [3.63, 3.8) is 0 Å². The van der Waals surface area contributed by atoms with E-state index < -0.39 is 0 Å². The highest BCUT2D eigenvalue weighted by Crippen LogP contribution is 2.18. The molecular formula is C17H24ClN3O. The number of hydrogen-bond donors (Lipinski definition) is 0. The molecule has 120 valence electrons. The molecule has 1 aliphatic rings. The fourth-order valence-corrected chi connectivity index (χ4v) is 3.05. The molecule has 2 aromatic rings. The van der Waals surface area contributed by atoms with Crippen LogP contribution in [0, 0.1) is 5.92 Å². The summed E-state index contributed by atoms with van der Waals surface area (Å²) >= 11 is 6.01. The molecule has 4 nitrogen and oxygen atoms in total. The third-order valence-electron chi connectivity index (χ3n) is 4.05. The monoisotopic (exact) mass is 321 g/mol. The van der Waals surface area contributed by atoms with Crippen LogP contribution in [0.1, 0.15) is 32.4 Å². The van der Waals surface area contributed by atoms with Crippen molar-refractivity contribution in [3.05, 3.63) is 35.2 Å². The summed E-state index contributed by atoms with van der Waals surface area (Å²) in [5.74, 6) is 0.614. The fourth-order valence-electron chi connectivity index (χ4n) is 2.89. The van der Waals surface area contributed by atoms with Crippen LogP contribution < -0.4 is 0 Å². The van der Waals surface area contributed by atoms with Crippen molar-refractivity contribution in [2.75, 3.05) is 19.7 Å². The van der Waals surface area contributed by atoms with Gasteiger partial charge in [0.25, 0.3) is 0 Å². The average Bonchev–Trinajstić information content (AvgIpc) is 2.87. The third-order valence-corrected chi connectivity index (χ3v) is 4.27. The van der Waals surface area contributed by atoms with E-state index in [1.165, 1.54) is 0 Å². The molecular weight excluding hydrogens is 298 g/mol. The van der Waals surface area contributed by atoms with Crippen LogP contribution in [0.5, 0.6) is 0 Å². The Morgan fingerprint density at radius 2 is 2.05 bits per heavy atom. The number of halogens is 1. The number of rotatable bonds is 5. The van der Waals surface area contributed by atoms with E-state index in [1.54, 1.807) is 0 Å². The minimum Gasteiger partial charge on any atom is -0.378 e. The molecule has 0 N–H and O–H groups in total. The molecule has 1 fully saturated rings. The summed E-state index contributed by atoms with van der Waals surface area (Å²) in [5, 5.41) is 0.736. The van der Waals surface area contributed by atoms with Crippen LogP contribution in [-0.4, -0.2) is 40.1 Å². The van der Waals surface area contributed by atoms with E-state index in [2.05, 4.69) is 29.9 Å². The summed E-state index contributed by atoms with van der Waals surface area (Å²) in [4.78, 5) is 7.11. The van der Waals surface area contributed by atoms with Gasteiger partial charge in [-0.1, -0.05) is 25.4 Å². The van der Waals surface area contributed by atoms with Gasteiger partial charge in [-0.05, 0) is 30.9 Å². The first-order valence-corrected chi connectivity index (χ1v) is 8.45. The highest BCUT2D eigenvalue weighted by Gasteiger charge is 2.20. The van der Waals surface area contributed by atoms with Crippen molar-refractivity contribution in [2.24, 2.45) is 5.92 Å². The lowest BCUT2D eigenvalue weighted by molar-refractivity contribution is -0.00601. The lowest BCUT2D eigenvalue weighted by Gasteiger charge is -2.31. The van der Waals surface area contributed by atoms with Gasteiger partial charge in [-0.2, -0.15) is 0 Å². The van der Waals surface area contributed by atoms with Crippen molar-refractivity contribution >= 4 is 17.2 Å². The van der Waals surface area contributed by atoms with Gasteiger partial charge in [-0.15, -0.1) is 0 Å². The standard InChI is InChI=1S/C17H24ClN3O/c1-13(2)12-22-16-5-7-20(8-6-16)10-15-11-21-9-14(18)3-4-17(21)19-15/h3-4,9,11,13,16H,5-8,10,12H2,1-2H3. The first-order chi connectivity index (χ1) is 10.6. The number of ether oxygens (including phenoxy) is 1. The summed E-state index contributed by atoms with van der Waals surface area (Å²) < 4.78 is 7.94. The smallest absolute Gasteiger partial charge is 0.137 e. The van der Waals surface area contributed by atoms with E-state index in [4.69, 9.17) is 16.3 Å². The SMILES string of the molecule is CC(C)COC1CCN(Cc2cn3cc(Cl)ccc3n2)CC1. The maximum Gasteiger partial charge on any atom is 0.137 e. The topological polar surface area (TPSA) is 29.8 Å². The fraction of sp³-hybridized carbons (Fsp3) is 0.588. The molecule has 1 aliphatic heterocycles. The minimum atomic E-state index is 0.429. The first kappa shape index (κ1) is 15.8. The van der Waals surface area contributed by atoms with E-state index in [0.29, 0.717) is 12.0 Å². The van der Waals surface area contributed by atoms with Crippen molar-refractivity contribution in [3.8, 4) is 0 Å². The van der Waals surface area contributed by atoms with Crippen LogP contribution >= 0.6 is 11.6 Å². The van der Waals surface area contributed by atoms with Crippen LogP contribution in [-0.2, 0) is 11.3 Å². The van der Waals surface area contributed by atoms with E-state index >= 15 is 0 Å². The zero-order valence-electron chi connectivity index (χ0n) is 13.3. The number of piperidine rings is 1. The molecule has 0 aromatic carbocycles. The van der Waals surface area contributed by atoms with Gasteiger partial charge in [0.05, 0.1) is 16.8 Å². The molecule has 5 heteroatoms. The second-order valence-electron chi connectivity index (χ2n) is 6.55. The second-order valence-corrected chi connectivity index (χ2v) is 6.98. The molecule has 22 heavy (non-hydrogen) atoms. The Balaban J connectivity index is 1.53. The Kier molecular flexibility index (Phi) is 5.01. The molecule has 2 aromatic heterocycles. The summed E-state index contributed by atoms with van der Waals surface area (Å²) in [6, 6.07) is 3.84. The number of fused-ring (bicyclic) bond motifs is 1. The highest BCUT2D eigenvalue weighted by molar-refractivity contribution is 6.30. The van der Waals surface area contributed by atoms with Crippen molar-refractivity contribution < 1.29 is 4.74 Å². The molecule has 0 amide bonds. The first-order valence-electron chi connectivity index (χ1n) is 8.07. The lowest BCUT2D eigenvalue weighted by Crippen LogP contribution is -2.37. The van der Waals surface area contributed by atoms with Crippen LogP contribution in [0.15, 0.2) is 24.5 Å². The molecule has 0 atom stereocenters. The highest BCUT2D eigenvalue weighted by atomic mass is 35.5. The minimum absolute atomic E-state index is 0.429. The Morgan fingerprint density at radius 3 is 2.77 bits per heavy atom. The normalized spacial score (nSPS) is 17.6. The van der Waals surface area contributed by atoms with Gasteiger partial charge in [0.2, 0.25) is 0 Å². The van der Waals surface area contributed by atoms with Gasteiger partial charge >= 0.3 is 0 Å². The Morgan fingerprint density at radius 1 is 1.27 bits per heavy atom. The summed E-state index contributed by atoms with van der Waals surface area (Å²) in [6.07, 6.45) is 6.64. The van der Waals surface area contributed by atoms with Gasteiger partial charge in [-0.3, -0.25) is 4.90 Å². The molecule has 0 aliphatic carbocycles. The van der Waals surface area contributed by atoms with Crippen molar-refractivity contribution in [2.45, 2.75) is 39.3 Å². The van der Waals surface area contributed by atoms with Gasteiger partial charge in [-0.25, -0.2) is 4.98 Å². The number of imidazole rings is 1. The predicted molar refractivity (Wildman–Crippen MR) is 89.3 cm³/mol. The average molecular weight is 322 g/mol. The van der Waals surface area contributed by atoms with E-state index in [-0.39, 0.29) is 0 Å². The molecule has 3 rings (SSSR count). The number of aromatic nitrogens is 2. The van der Waals surface area contributed by atoms with Gasteiger partial charge < -0.3 is 9.14 Å². The van der Waals surface area contributed by atoms with Crippen LogP contribution in [0.25, 0.3) is 5.65 Å². The number of pyridine rings is 1. The molecule has 0 unspecified atom stereocenters. The van der Waals surface area contributed by atoms with Crippen LogP contribution in [0.3, 0.4) is 0 Å². The molecule has 0 bridgehead atoms. The van der Waals surface area contributed by atoms with Crippen molar-refractivity contribution in [1.29, 1.82) is 0 Å². The second kappa shape index (κ2) is 6.99. The summed E-state index contributed by atoms with van der Waals surface area (Å²) in [7, 11) is 0. The Hall–Kier alpha value is -1.10. The number of nitrogens with zero attached hydrogens (tertiary/aromatic N) is 3. The van der Waals surface area contributed by atoms with Gasteiger partial charge in [0.15, 0.2) is 0 Å². The molecule has 0 saturated carbocycles. The number of likely N-dealkylation sites (tertiary alicyclic amines) is 1. The molecule has 3 heterocycles. The van der Waals surface area contributed by atoms with E-state index in [1.807, 2.05) is 22.7 Å². The zero-order chi connectivity index (χ0) is 15.5. The van der Waals surface area contributed by atoms with E-state index in [9.17, 15) is 0 Å². The van der Waals surface area contributed by atoms with Gasteiger partial charge in [0, 0.05) is 38.6 Å². The van der Waals surface area contributed by atoms with Crippen LogP contribution in [0.2, 0.25) is 5.02 Å². The summed E-state index contributed by atoms with van der Waals surface area (Å²) in [5.41, 5.74) is 2.05. The molecule has 1 saturated heterocycles. The Bertz CT molecular complexity index is 617. The predicted octanol–water partition coefficient (Wildman–Crippen LogP) is 3.62. The Labute approximate surface area is 137 Å². The maximum atomic E-state index is 6.01. The maximum absolute atomic E-state index is 6.01. The lowest BCUT2D eigenvalue weighted by atomic mass is 10.1. The third kappa shape index (κ3) is 4.00. The summed E-state index contributed by atoms with van der Waals surface area (Å²) in [6.45, 7) is 8.33. The molecule has 0 spiro atoms. The largest absolute Gasteiger partial charge is 0.378 e. The van der Waals surface area contributed by atoms with E-state index in [0.717, 1.165) is 55.4 Å². The van der Waals surface area contributed by atoms with Gasteiger partial charge in [0.1, 0.15) is 5.65 Å². The quantitative estimate of drug-likeness (QED) is 0.842. The van der Waals surface area contributed by atoms with Crippen molar-refractivity contribution in [1.82, 2.24) is 14.3 Å².